The third-order valence-corrected chi connectivity index (χ3v) is 1.97. The molecule has 0 saturated heterocycles. The molecule has 0 aliphatic rings. The molecular weight excluding hydrogens is 252 g/mol. The Morgan fingerprint density at radius 1 is 1.67 bits per heavy atom. The molecule has 0 saturated carbocycles. The quantitative estimate of drug-likeness (QED) is 0.643. The maximum atomic E-state index is 12.7. The van der Waals surface area contributed by atoms with E-state index in [1.165, 1.54) is 6.07 Å². The highest BCUT2D eigenvalue weighted by molar-refractivity contribution is 5.70. The predicted octanol–water partition coefficient (Wildman–Crippen LogP) is 1.43. The van der Waals surface area contributed by atoms with E-state index in [0.717, 1.165) is 0 Å². The maximum absolute atomic E-state index is 12.7. The van der Waals surface area contributed by atoms with E-state index in [-0.39, 0.29) is 0 Å². The van der Waals surface area contributed by atoms with Gasteiger partial charge in [0.25, 0.3) is 6.43 Å². The van der Waals surface area contributed by atoms with Crippen LogP contribution in [0.2, 0.25) is 0 Å². The highest BCUT2D eigenvalue weighted by Crippen LogP contribution is 2.28. The van der Waals surface area contributed by atoms with E-state index in [1.54, 1.807) is 0 Å². The molecule has 0 amide bonds. The summed E-state index contributed by atoms with van der Waals surface area (Å²) in [4.78, 5) is 23.2. The zero-order valence-corrected chi connectivity index (χ0v) is 8.63. The molecule has 9 heteroatoms. The average molecular weight is 257 g/mol. The van der Waals surface area contributed by atoms with Crippen LogP contribution in [-0.4, -0.2) is 21.0 Å². The summed E-state index contributed by atoms with van der Waals surface area (Å²) in [5, 5.41) is 27.7. The third kappa shape index (κ3) is 2.73. The summed E-state index contributed by atoms with van der Waals surface area (Å²) < 4.78 is 25.4. The van der Waals surface area contributed by atoms with Gasteiger partial charge in [-0.3, -0.25) is 4.79 Å². The molecule has 1 rings (SSSR count). The predicted molar refractivity (Wildman–Crippen MR) is 51.9 cm³/mol. The van der Waals surface area contributed by atoms with Crippen molar-refractivity contribution in [3.63, 3.8) is 0 Å². The second kappa shape index (κ2) is 5.13. The number of hydrogen-bond acceptors (Lipinski definition) is 5. The van der Waals surface area contributed by atoms with Crippen molar-refractivity contribution in [1.29, 1.82) is 5.26 Å². The number of aromatic nitrogens is 1. The van der Waals surface area contributed by atoms with Crippen molar-refractivity contribution < 1.29 is 23.6 Å². The van der Waals surface area contributed by atoms with E-state index in [1.807, 2.05) is 0 Å². The molecule has 1 aromatic rings. The molecule has 1 heterocycles. The van der Waals surface area contributed by atoms with Crippen LogP contribution < -0.4 is 0 Å². The number of pyridine rings is 1. The number of nitro groups is 1. The number of rotatable bonds is 4. The zero-order valence-electron chi connectivity index (χ0n) is 8.63. The lowest BCUT2D eigenvalue weighted by atomic mass is 10.1. The molecule has 7 nitrogen and oxygen atoms in total. The molecule has 94 valence electrons. The smallest absolute Gasteiger partial charge is 0.365 e. The molecule has 0 atom stereocenters. The minimum Gasteiger partial charge on any atom is -0.481 e. The monoisotopic (exact) mass is 257 g/mol. The first-order valence-electron chi connectivity index (χ1n) is 4.45. The number of hydrogen-bond donors (Lipinski definition) is 1. The number of aliphatic carboxylic acids is 1. The Morgan fingerprint density at radius 3 is 2.67 bits per heavy atom. The number of carbonyl (C=O) groups is 1. The van der Waals surface area contributed by atoms with Crippen LogP contribution in [0.1, 0.15) is 23.2 Å². The van der Waals surface area contributed by atoms with Crippen LogP contribution in [0, 0.1) is 21.4 Å². The molecule has 0 radical (unpaired) electrons. The summed E-state index contributed by atoms with van der Waals surface area (Å²) in [6.07, 6.45) is -4.06. The Balaban J connectivity index is 3.52. The largest absolute Gasteiger partial charge is 0.481 e. The van der Waals surface area contributed by atoms with Crippen LogP contribution in [0.25, 0.3) is 0 Å². The van der Waals surface area contributed by atoms with Gasteiger partial charge in [-0.25, -0.2) is 8.78 Å². The molecule has 0 aromatic carbocycles. The highest BCUT2D eigenvalue weighted by atomic mass is 19.3. The van der Waals surface area contributed by atoms with Gasteiger partial charge in [0.1, 0.15) is 12.5 Å². The van der Waals surface area contributed by atoms with Gasteiger partial charge >= 0.3 is 11.8 Å². The van der Waals surface area contributed by atoms with Crippen LogP contribution in [0.4, 0.5) is 14.6 Å². The summed E-state index contributed by atoms with van der Waals surface area (Å²) in [5.41, 5.74) is -2.21. The van der Waals surface area contributed by atoms with Gasteiger partial charge in [0.2, 0.25) is 0 Å². The van der Waals surface area contributed by atoms with E-state index in [2.05, 4.69) is 4.98 Å². The van der Waals surface area contributed by atoms with E-state index >= 15 is 0 Å². The Labute approximate surface area is 98.4 Å². The van der Waals surface area contributed by atoms with Gasteiger partial charge in [-0.15, -0.1) is 0 Å². The van der Waals surface area contributed by atoms with Crippen LogP contribution in [0.5, 0.6) is 0 Å². The van der Waals surface area contributed by atoms with Crippen LogP contribution in [0.15, 0.2) is 6.07 Å². The van der Waals surface area contributed by atoms with Gasteiger partial charge in [0.15, 0.2) is 5.69 Å². The second-order valence-corrected chi connectivity index (χ2v) is 3.13. The molecule has 0 aliphatic carbocycles. The Bertz CT molecular complexity index is 553. The summed E-state index contributed by atoms with van der Waals surface area (Å²) in [6.45, 7) is 0. The van der Waals surface area contributed by atoms with Gasteiger partial charge in [-0.2, -0.15) is 5.26 Å². The lowest BCUT2D eigenvalue weighted by molar-refractivity contribution is -0.389. The number of halogens is 2. The van der Waals surface area contributed by atoms with E-state index in [0.29, 0.717) is 6.07 Å². The van der Waals surface area contributed by atoms with Gasteiger partial charge in [0, 0.05) is 0 Å². The lowest BCUT2D eigenvalue weighted by Gasteiger charge is -2.05. The van der Waals surface area contributed by atoms with Gasteiger partial charge in [-0.1, -0.05) is 0 Å². The first-order valence-corrected chi connectivity index (χ1v) is 4.45. The number of carboxylic acids is 1. The van der Waals surface area contributed by atoms with Crippen molar-refractivity contribution in [3.8, 4) is 6.07 Å². The topological polar surface area (TPSA) is 117 Å². The number of alkyl halides is 2. The van der Waals surface area contributed by atoms with Crippen molar-refractivity contribution in [1.82, 2.24) is 4.98 Å². The van der Waals surface area contributed by atoms with E-state index in [9.17, 15) is 23.7 Å². The molecule has 0 spiro atoms. The molecule has 0 aliphatic heterocycles. The standard InChI is InChI=1S/C9H5F2N3O4/c10-9(11)8-4(3-12)1-6(14(17)18)13-5(8)2-7(15)16/h1,9H,2H2,(H,15,16). The van der Waals surface area contributed by atoms with E-state index in [4.69, 9.17) is 10.4 Å². The molecule has 18 heavy (non-hydrogen) atoms. The average Bonchev–Trinajstić information content (AvgIpc) is 2.26. The summed E-state index contributed by atoms with van der Waals surface area (Å²) in [7, 11) is 0. The highest BCUT2D eigenvalue weighted by Gasteiger charge is 2.28. The van der Waals surface area contributed by atoms with Crippen molar-refractivity contribution in [2.24, 2.45) is 0 Å². The molecule has 0 bridgehead atoms. The summed E-state index contributed by atoms with van der Waals surface area (Å²) >= 11 is 0. The molecule has 1 N–H and O–H groups in total. The molecule has 0 unspecified atom stereocenters. The van der Waals surface area contributed by atoms with Gasteiger partial charge < -0.3 is 15.2 Å². The number of nitriles is 1. The first-order chi connectivity index (χ1) is 8.36. The Hall–Kier alpha value is -2.63. The van der Waals surface area contributed by atoms with E-state index < -0.39 is 46.4 Å². The third-order valence-electron chi connectivity index (χ3n) is 1.97. The maximum Gasteiger partial charge on any atom is 0.365 e. The second-order valence-electron chi connectivity index (χ2n) is 3.13. The minimum atomic E-state index is -3.14. The van der Waals surface area contributed by atoms with Gasteiger partial charge in [0.05, 0.1) is 17.2 Å². The molecule has 1 aromatic heterocycles. The lowest BCUT2D eigenvalue weighted by Crippen LogP contribution is -2.10. The van der Waals surface area contributed by atoms with Crippen molar-refractivity contribution in [3.05, 3.63) is 33.0 Å². The fourth-order valence-electron chi connectivity index (χ4n) is 1.30. The fraction of sp³-hybridized carbons (Fsp3) is 0.222. The van der Waals surface area contributed by atoms with Crippen LogP contribution in [-0.2, 0) is 11.2 Å². The fourth-order valence-corrected chi connectivity index (χ4v) is 1.30. The normalized spacial score (nSPS) is 10.1. The molecular formula is C9H5F2N3O4. The number of carboxylic acid groups (broad SMARTS) is 1. The number of nitrogens with zero attached hydrogens (tertiary/aromatic N) is 3. The zero-order chi connectivity index (χ0) is 13.9. The van der Waals surface area contributed by atoms with Crippen molar-refractivity contribution in [2.45, 2.75) is 12.8 Å². The Morgan fingerprint density at radius 2 is 2.28 bits per heavy atom. The van der Waals surface area contributed by atoms with Crippen molar-refractivity contribution in [2.75, 3.05) is 0 Å². The summed E-state index contributed by atoms with van der Waals surface area (Å²) in [5.74, 6) is -2.32. The van der Waals surface area contributed by atoms with Crippen LogP contribution in [0.3, 0.4) is 0 Å². The SMILES string of the molecule is N#Cc1cc([N+](=O)[O-])nc(CC(=O)O)c1C(F)F. The Kier molecular flexibility index (Phi) is 3.83. The first kappa shape index (κ1) is 13.4. The van der Waals surface area contributed by atoms with Gasteiger partial charge in [-0.05, 0) is 9.91 Å². The molecule has 0 fully saturated rings. The summed E-state index contributed by atoms with van der Waals surface area (Å²) in [6, 6.07) is 1.96. The van der Waals surface area contributed by atoms with Crippen molar-refractivity contribution >= 4 is 11.8 Å². The van der Waals surface area contributed by atoms with Crippen LogP contribution >= 0.6 is 0 Å². The minimum absolute atomic E-state index is 0.590.